The Morgan fingerprint density at radius 3 is 2.63 bits per heavy atom. The number of fused-ring (bicyclic) bond motifs is 5. The van der Waals surface area contributed by atoms with Crippen LogP contribution in [0.2, 0.25) is 0 Å². The summed E-state index contributed by atoms with van der Waals surface area (Å²) in [5.41, 5.74) is 4.33. The number of hydrogen-bond donors (Lipinski definition) is 0. The number of pyridine rings is 1. The Morgan fingerprint density at radius 1 is 1.07 bits per heavy atom. The van der Waals surface area contributed by atoms with Crippen LogP contribution in [0.25, 0.3) is 27.6 Å². The number of aryl methyl sites for hydroxylation is 2. The number of rotatable bonds is 5. The van der Waals surface area contributed by atoms with Gasteiger partial charge in [0.1, 0.15) is 5.65 Å². The second-order valence-corrected chi connectivity index (χ2v) is 8.24. The lowest BCUT2D eigenvalue weighted by Gasteiger charge is -2.12. The van der Waals surface area contributed by atoms with Crippen LogP contribution in [-0.4, -0.2) is 28.9 Å². The van der Waals surface area contributed by atoms with Crippen molar-refractivity contribution in [3.63, 3.8) is 0 Å². The summed E-state index contributed by atoms with van der Waals surface area (Å²) in [5, 5.41) is 10.7. The summed E-state index contributed by atoms with van der Waals surface area (Å²) in [6.07, 6.45) is 4.39. The molecule has 0 spiro atoms. The number of benzene rings is 1. The minimum Gasteiger partial charge on any atom is -0.292 e. The SMILES string of the molecule is Cc1cc2n(CCC(C)C)c(=O)c3cnc4c(cnn4Cc4ccccc4)c3n2n1. The molecule has 0 saturated heterocycles. The third kappa shape index (κ3) is 2.98. The molecular weight excluding hydrogens is 376 g/mol. The van der Waals surface area contributed by atoms with E-state index in [4.69, 9.17) is 5.10 Å². The van der Waals surface area contributed by atoms with Crippen LogP contribution in [0.3, 0.4) is 0 Å². The van der Waals surface area contributed by atoms with Gasteiger partial charge in [0.15, 0.2) is 5.65 Å². The molecule has 1 aromatic carbocycles. The molecule has 0 aliphatic rings. The first-order valence-electron chi connectivity index (χ1n) is 10.3. The molecule has 7 nitrogen and oxygen atoms in total. The van der Waals surface area contributed by atoms with Crippen molar-refractivity contribution >= 4 is 27.6 Å². The second kappa shape index (κ2) is 7.09. The van der Waals surface area contributed by atoms with Crippen LogP contribution in [0.5, 0.6) is 0 Å². The molecule has 0 amide bonds. The Balaban J connectivity index is 1.76. The van der Waals surface area contributed by atoms with Gasteiger partial charge >= 0.3 is 0 Å². The van der Waals surface area contributed by atoms with Gasteiger partial charge in [0.25, 0.3) is 5.56 Å². The van der Waals surface area contributed by atoms with E-state index in [0.717, 1.165) is 39.9 Å². The van der Waals surface area contributed by atoms with Crippen molar-refractivity contribution in [2.75, 3.05) is 0 Å². The molecule has 0 aliphatic heterocycles. The van der Waals surface area contributed by atoms with Crippen molar-refractivity contribution in [3.8, 4) is 0 Å². The van der Waals surface area contributed by atoms with Gasteiger partial charge in [-0.05, 0) is 24.8 Å². The second-order valence-electron chi connectivity index (χ2n) is 8.24. The Hall–Kier alpha value is -3.48. The van der Waals surface area contributed by atoms with Gasteiger partial charge in [-0.25, -0.2) is 14.2 Å². The highest BCUT2D eigenvalue weighted by molar-refractivity contribution is 6.02. The molecular formula is C23H24N6O. The highest BCUT2D eigenvalue weighted by atomic mass is 16.1. The van der Waals surface area contributed by atoms with Gasteiger partial charge in [0, 0.05) is 18.8 Å². The van der Waals surface area contributed by atoms with E-state index in [-0.39, 0.29) is 5.56 Å². The minimum atomic E-state index is -0.0248. The van der Waals surface area contributed by atoms with Crippen molar-refractivity contribution in [3.05, 3.63) is 70.4 Å². The molecule has 0 saturated carbocycles. The van der Waals surface area contributed by atoms with E-state index in [9.17, 15) is 4.79 Å². The lowest BCUT2D eigenvalue weighted by Crippen LogP contribution is -2.24. The topological polar surface area (TPSA) is 70.0 Å². The first-order valence-corrected chi connectivity index (χ1v) is 10.3. The van der Waals surface area contributed by atoms with E-state index in [1.165, 1.54) is 0 Å². The Morgan fingerprint density at radius 2 is 1.87 bits per heavy atom. The normalized spacial score (nSPS) is 12.0. The van der Waals surface area contributed by atoms with Gasteiger partial charge in [-0.2, -0.15) is 10.2 Å². The highest BCUT2D eigenvalue weighted by Crippen LogP contribution is 2.24. The molecule has 5 rings (SSSR count). The Kier molecular flexibility index (Phi) is 4.38. The summed E-state index contributed by atoms with van der Waals surface area (Å²) < 4.78 is 5.58. The maximum absolute atomic E-state index is 13.4. The molecule has 0 atom stereocenters. The van der Waals surface area contributed by atoms with Crippen LogP contribution in [0.1, 0.15) is 31.5 Å². The predicted molar refractivity (Wildman–Crippen MR) is 118 cm³/mol. The first kappa shape index (κ1) is 18.5. The molecule has 4 aromatic heterocycles. The quantitative estimate of drug-likeness (QED) is 0.450. The molecule has 0 unspecified atom stereocenters. The molecule has 0 N–H and O–H groups in total. The summed E-state index contributed by atoms with van der Waals surface area (Å²) in [4.78, 5) is 18.0. The van der Waals surface area contributed by atoms with Crippen molar-refractivity contribution < 1.29 is 0 Å². The molecule has 152 valence electrons. The predicted octanol–water partition coefficient (Wildman–Crippen LogP) is 3.80. The van der Waals surface area contributed by atoms with E-state index in [2.05, 4.69) is 36.1 Å². The van der Waals surface area contributed by atoms with Crippen LogP contribution in [0.15, 0.2) is 53.6 Å². The summed E-state index contributed by atoms with van der Waals surface area (Å²) >= 11 is 0. The molecule has 7 heteroatoms. The van der Waals surface area contributed by atoms with E-state index in [0.29, 0.717) is 24.4 Å². The summed E-state index contributed by atoms with van der Waals surface area (Å²) in [6.45, 7) is 7.56. The standard InChI is InChI=1S/C23H24N6O/c1-15(2)9-10-27-20-11-16(3)26-29(20)21-18-13-25-28(14-17-7-5-4-6-8-17)22(18)24-12-19(21)23(27)30/h4-8,11-13,15H,9-10,14H2,1-3H3. The molecule has 0 bridgehead atoms. The molecule has 30 heavy (non-hydrogen) atoms. The number of aromatic nitrogens is 6. The van der Waals surface area contributed by atoms with Crippen molar-refractivity contribution in [2.45, 2.75) is 40.3 Å². The fourth-order valence-electron chi connectivity index (χ4n) is 3.97. The van der Waals surface area contributed by atoms with E-state index < -0.39 is 0 Å². The van der Waals surface area contributed by atoms with E-state index in [1.807, 2.05) is 45.0 Å². The monoisotopic (exact) mass is 400 g/mol. The average molecular weight is 400 g/mol. The largest absolute Gasteiger partial charge is 0.292 e. The van der Waals surface area contributed by atoms with E-state index >= 15 is 0 Å². The van der Waals surface area contributed by atoms with Gasteiger partial charge in [-0.1, -0.05) is 44.2 Å². The van der Waals surface area contributed by atoms with Crippen LogP contribution in [0, 0.1) is 12.8 Å². The fourth-order valence-corrected chi connectivity index (χ4v) is 3.97. The van der Waals surface area contributed by atoms with Gasteiger partial charge in [0.2, 0.25) is 0 Å². The average Bonchev–Trinajstić information content (AvgIpc) is 3.31. The molecule has 5 aromatic rings. The zero-order valence-electron chi connectivity index (χ0n) is 17.4. The summed E-state index contributed by atoms with van der Waals surface area (Å²) in [6, 6.07) is 12.1. The molecule has 0 aliphatic carbocycles. The molecule has 4 heterocycles. The summed E-state index contributed by atoms with van der Waals surface area (Å²) in [7, 11) is 0. The van der Waals surface area contributed by atoms with Gasteiger partial charge < -0.3 is 0 Å². The number of hydrogen-bond acceptors (Lipinski definition) is 4. The van der Waals surface area contributed by atoms with Crippen molar-refractivity contribution in [2.24, 2.45) is 5.92 Å². The summed E-state index contributed by atoms with van der Waals surface area (Å²) in [5.74, 6) is 0.508. The smallest absolute Gasteiger partial charge is 0.263 e. The van der Waals surface area contributed by atoms with Crippen LogP contribution in [-0.2, 0) is 13.1 Å². The maximum atomic E-state index is 13.4. The zero-order chi connectivity index (χ0) is 20.8. The number of nitrogens with zero attached hydrogens (tertiary/aromatic N) is 6. The Bertz CT molecular complexity index is 1420. The third-order valence-electron chi connectivity index (χ3n) is 5.52. The molecule has 0 fully saturated rings. The van der Waals surface area contributed by atoms with Crippen LogP contribution in [0.4, 0.5) is 0 Å². The lowest BCUT2D eigenvalue weighted by atomic mass is 10.1. The van der Waals surface area contributed by atoms with Gasteiger partial charge in [-0.3, -0.25) is 9.36 Å². The molecule has 0 radical (unpaired) electrons. The van der Waals surface area contributed by atoms with Crippen molar-refractivity contribution in [1.82, 2.24) is 28.9 Å². The van der Waals surface area contributed by atoms with Gasteiger partial charge in [-0.15, -0.1) is 0 Å². The van der Waals surface area contributed by atoms with Gasteiger partial charge in [0.05, 0.1) is 34.7 Å². The van der Waals surface area contributed by atoms with Crippen molar-refractivity contribution in [1.29, 1.82) is 0 Å². The van der Waals surface area contributed by atoms with Crippen LogP contribution < -0.4 is 5.56 Å². The van der Waals surface area contributed by atoms with Crippen LogP contribution >= 0.6 is 0 Å². The maximum Gasteiger partial charge on any atom is 0.263 e. The third-order valence-corrected chi connectivity index (χ3v) is 5.52. The van der Waals surface area contributed by atoms with E-state index in [1.54, 1.807) is 12.4 Å². The minimum absolute atomic E-state index is 0.0248. The Labute approximate surface area is 173 Å². The fraction of sp³-hybridized carbons (Fsp3) is 0.304. The first-order chi connectivity index (χ1) is 14.5. The highest BCUT2D eigenvalue weighted by Gasteiger charge is 2.18. The zero-order valence-corrected chi connectivity index (χ0v) is 17.4. The lowest BCUT2D eigenvalue weighted by molar-refractivity contribution is 0.514.